The van der Waals surface area contributed by atoms with Gasteiger partial charge in [0.2, 0.25) is 10.0 Å². The summed E-state index contributed by atoms with van der Waals surface area (Å²) < 4.78 is 26.4. The lowest BCUT2D eigenvalue weighted by Gasteiger charge is -2.08. The lowest BCUT2D eigenvalue weighted by atomic mass is 10.2. The number of pyridine rings is 1. The van der Waals surface area contributed by atoms with E-state index in [1.807, 2.05) is 6.07 Å². The van der Waals surface area contributed by atoms with Gasteiger partial charge >= 0.3 is 0 Å². The quantitative estimate of drug-likeness (QED) is 0.925. The van der Waals surface area contributed by atoms with E-state index in [9.17, 15) is 8.42 Å². The molecule has 1 heterocycles. The molecular weight excluding hydrogens is 333 g/mol. The summed E-state index contributed by atoms with van der Waals surface area (Å²) >= 11 is 11.6. The predicted molar refractivity (Wildman–Crippen MR) is 81.7 cm³/mol. The molecule has 0 saturated carbocycles. The molecule has 2 aromatic rings. The second kappa shape index (κ2) is 6.31. The van der Waals surface area contributed by atoms with Crippen molar-refractivity contribution >= 4 is 39.0 Å². The number of nitriles is 1. The fraction of sp³-hybridized carbons (Fsp3) is 0.0769. The first-order valence-electron chi connectivity index (χ1n) is 5.70. The van der Waals surface area contributed by atoms with Crippen LogP contribution in [0.1, 0.15) is 11.1 Å². The van der Waals surface area contributed by atoms with Crippen molar-refractivity contribution in [1.82, 2.24) is 4.98 Å². The largest absolute Gasteiger partial charge is 0.267 e. The molecule has 0 aliphatic carbocycles. The van der Waals surface area contributed by atoms with Gasteiger partial charge in [-0.05, 0) is 29.8 Å². The van der Waals surface area contributed by atoms with Crippen LogP contribution in [-0.4, -0.2) is 13.4 Å². The minimum absolute atomic E-state index is 0.147. The lowest BCUT2D eigenvalue weighted by Crippen LogP contribution is -2.15. The topological polar surface area (TPSA) is 82.9 Å². The maximum absolute atomic E-state index is 12.0. The van der Waals surface area contributed by atoms with E-state index in [2.05, 4.69) is 9.71 Å². The Hall–Kier alpha value is -1.81. The molecule has 21 heavy (non-hydrogen) atoms. The second-order valence-corrected chi connectivity index (χ2v) is 6.69. The predicted octanol–water partition coefficient (Wildman–Crippen LogP) is 3.20. The Morgan fingerprint density at radius 3 is 2.52 bits per heavy atom. The summed E-state index contributed by atoms with van der Waals surface area (Å²) in [7, 11) is -3.63. The van der Waals surface area contributed by atoms with Crippen molar-refractivity contribution in [1.29, 1.82) is 5.26 Å². The molecule has 0 spiro atoms. The summed E-state index contributed by atoms with van der Waals surface area (Å²) in [6.45, 7) is 0. The van der Waals surface area contributed by atoms with Crippen molar-refractivity contribution in [3.05, 3.63) is 57.7 Å². The van der Waals surface area contributed by atoms with Gasteiger partial charge in [0, 0.05) is 6.20 Å². The van der Waals surface area contributed by atoms with Gasteiger partial charge in [-0.1, -0.05) is 29.3 Å². The molecule has 5 nitrogen and oxygen atoms in total. The van der Waals surface area contributed by atoms with Crippen LogP contribution in [-0.2, 0) is 15.8 Å². The standard InChI is InChI=1S/C13H9Cl2N3O2S/c14-11-3-1-9(5-12(11)15)8-21(19,20)18-13-4-2-10(6-16)7-17-13/h1-5,7H,8H2,(H,17,18). The fourth-order valence-electron chi connectivity index (χ4n) is 1.56. The maximum atomic E-state index is 12.0. The van der Waals surface area contributed by atoms with Gasteiger partial charge in [0.1, 0.15) is 11.9 Å². The Kier molecular flexibility index (Phi) is 4.68. The first-order chi connectivity index (χ1) is 9.89. The van der Waals surface area contributed by atoms with E-state index in [1.165, 1.54) is 30.5 Å². The number of halogens is 2. The molecular formula is C13H9Cl2N3O2S. The molecule has 0 unspecified atom stereocenters. The molecule has 0 amide bonds. The van der Waals surface area contributed by atoms with E-state index in [-0.39, 0.29) is 11.6 Å². The number of hydrogen-bond acceptors (Lipinski definition) is 4. The van der Waals surface area contributed by atoms with Crippen LogP contribution < -0.4 is 4.72 Å². The van der Waals surface area contributed by atoms with Crippen molar-refractivity contribution in [2.75, 3.05) is 4.72 Å². The van der Waals surface area contributed by atoms with Gasteiger partial charge in [-0.15, -0.1) is 0 Å². The van der Waals surface area contributed by atoms with Crippen LogP contribution >= 0.6 is 23.2 Å². The number of benzene rings is 1. The third-order valence-corrected chi connectivity index (χ3v) is 4.47. The Bertz CT molecular complexity index is 799. The number of aromatic nitrogens is 1. The number of rotatable bonds is 4. The highest BCUT2D eigenvalue weighted by Crippen LogP contribution is 2.23. The molecule has 0 bridgehead atoms. The summed E-state index contributed by atoms with van der Waals surface area (Å²) in [5, 5.41) is 9.31. The second-order valence-electron chi connectivity index (χ2n) is 4.15. The molecule has 1 aromatic carbocycles. The molecule has 1 N–H and O–H groups in total. The Morgan fingerprint density at radius 1 is 1.19 bits per heavy atom. The zero-order chi connectivity index (χ0) is 15.5. The Labute approximate surface area is 132 Å². The number of nitrogens with one attached hydrogen (secondary N) is 1. The van der Waals surface area contributed by atoms with Gasteiger partial charge < -0.3 is 0 Å². The average Bonchev–Trinajstić information content (AvgIpc) is 2.43. The number of anilines is 1. The highest BCUT2D eigenvalue weighted by atomic mass is 35.5. The number of nitrogens with zero attached hydrogens (tertiary/aromatic N) is 2. The summed E-state index contributed by atoms with van der Waals surface area (Å²) in [4.78, 5) is 3.85. The first kappa shape index (κ1) is 15.6. The van der Waals surface area contributed by atoms with Crippen molar-refractivity contribution in [3.8, 4) is 6.07 Å². The van der Waals surface area contributed by atoms with Gasteiger partial charge in [-0.25, -0.2) is 13.4 Å². The summed E-state index contributed by atoms with van der Waals surface area (Å²) in [5.74, 6) is -0.111. The van der Waals surface area contributed by atoms with E-state index >= 15 is 0 Å². The van der Waals surface area contributed by atoms with Crippen LogP contribution in [0.3, 0.4) is 0 Å². The van der Waals surface area contributed by atoms with E-state index in [0.717, 1.165) is 0 Å². The van der Waals surface area contributed by atoms with Gasteiger partial charge in [-0.2, -0.15) is 5.26 Å². The smallest absolute Gasteiger partial charge is 0.238 e. The van der Waals surface area contributed by atoms with E-state index in [4.69, 9.17) is 28.5 Å². The van der Waals surface area contributed by atoms with Gasteiger partial charge in [0.15, 0.2) is 0 Å². The third kappa shape index (κ3) is 4.33. The number of sulfonamides is 1. The van der Waals surface area contributed by atoms with Crippen LogP contribution in [0.2, 0.25) is 10.0 Å². The van der Waals surface area contributed by atoms with E-state index < -0.39 is 10.0 Å². The molecule has 8 heteroatoms. The van der Waals surface area contributed by atoms with Gasteiger partial charge in [0.05, 0.1) is 21.4 Å². The Balaban J connectivity index is 2.14. The highest BCUT2D eigenvalue weighted by Gasteiger charge is 2.13. The molecule has 0 atom stereocenters. The number of hydrogen-bond donors (Lipinski definition) is 1. The zero-order valence-electron chi connectivity index (χ0n) is 10.5. The molecule has 0 fully saturated rings. The van der Waals surface area contributed by atoms with Crippen LogP contribution in [0, 0.1) is 11.3 Å². The van der Waals surface area contributed by atoms with Crippen molar-refractivity contribution in [3.63, 3.8) is 0 Å². The normalized spacial score (nSPS) is 10.9. The summed E-state index contributed by atoms with van der Waals surface area (Å²) in [6.07, 6.45) is 1.29. The SMILES string of the molecule is N#Cc1ccc(NS(=O)(=O)Cc2ccc(Cl)c(Cl)c2)nc1. The third-order valence-electron chi connectivity index (χ3n) is 2.49. The van der Waals surface area contributed by atoms with Crippen LogP contribution in [0.5, 0.6) is 0 Å². The maximum Gasteiger partial charge on any atom is 0.238 e. The minimum Gasteiger partial charge on any atom is -0.267 e. The van der Waals surface area contributed by atoms with Crippen LogP contribution in [0.15, 0.2) is 36.5 Å². The average molecular weight is 342 g/mol. The van der Waals surface area contributed by atoms with Crippen molar-refractivity contribution in [2.45, 2.75) is 5.75 Å². The molecule has 0 saturated heterocycles. The first-order valence-corrected chi connectivity index (χ1v) is 8.11. The summed E-state index contributed by atoms with van der Waals surface area (Å²) in [6, 6.07) is 9.41. The Morgan fingerprint density at radius 2 is 1.95 bits per heavy atom. The van der Waals surface area contributed by atoms with Crippen LogP contribution in [0.4, 0.5) is 5.82 Å². The zero-order valence-corrected chi connectivity index (χ0v) is 12.9. The fourth-order valence-corrected chi connectivity index (χ4v) is 3.02. The lowest BCUT2D eigenvalue weighted by molar-refractivity contribution is 0.600. The molecule has 0 aliphatic heterocycles. The minimum atomic E-state index is -3.63. The van der Waals surface area contributed by atoms with Crippen LogP contribution in [0.25, 0.3) is 0 Å². The molecule has 2 rings (SSSR count). The summed E-state index contributed by atoms with van der Waals surface area (Å²) in [5.41, 5.74) is 0.855. The monoisotopic (exact) mass is 341 g/mol. The van der Waals surface area contributed by atoms with Gasteiger partial charge in [-0.3, -0.25) is 4.72 Å². The van der Waals surface area contributed by atoms with Crippen molar-refractivity contribution in [2.24, 2.45) is 0 Å². The van der Waals surface area contributed by atoms with E-state index in [0.29, 0.717) is 21.2 Å². The molecule has 0 radical (unpaired) electrons. The molecule has 0 aliphatic rings. The molecule has 1 aromatic heterocycles. The molecule has 108 valence electrons. The van der Waals surface area contributed by atoms with E-state index in [1.54, 1.807) is 6.07 Å². The van der Waals surface area contributed by atoms with Crippen molar-refractivity contribution < 1.29 is 8.42 Å². The van der Waals surface area contributed by atoms with Gasteiger partial charge in [0.25, 0.3) is 0 Å². The highest BCUT2D eigenvalue weighted by molar-refractivity contribution is 7.91.